The molecule has 0 saturated carbocycles. The predicted octanol–water partition coefficient (Wildman–Crippen LogP) is 3.17. The Bertz CT molecular complexity index is 595. The first kappa shape index (κ1) is 12.4. The maximum atomic E-state index is 11.8. The maximum absolute atomic E-state index is 11.8. The number of rotatable bonds is 2. The van der Waals surface area contributed by atoms with Gasteiger partial charge in [0.15, 0.2) is 0 Å². The molecule has 0 radical (unpaired) electrons. The number of fused-ring (bicyclic) bond motifs is 1. The van der Waals surface area contributed by atoms with Gasteiger partial charge in [0, 0.05) is 7.05 Å². The second-order valence-corrected chi connectivity index (χ2v) is 4.63. The number of aryl methyl sites for hydroxylation is 1. The SMILES string of the molecule is CCOC(=O)c1c(Cl)c2nc(Br)ccc2n1C. The minimum atomic E-state index is -0.436. The van der Waals surface area contributed by atoms with E-state index in [0.29, 0.717) is 27.4 Å². The highest BCUT2D eigenvalue weighted by molar-refractivity contribution is 9.10. The van der Waals surface area contributed by atoms with Crippen molar-refractivity contribution in [2.24, 2.45) is 7.05 Å². The number of esters is 1. The van der Waals surface area contributed by atoms with Gasteiger partial charge in [0.05, 0.1) is 17.1 Å². The van der Waals surface area contributed by atoms with E-state index in [-0.39, 0.29) is 0 Å². The summed E-state index contributed by atoms with van der Waals surface area (Å²) < 4.78 is 7.33. The molecular formula is C11H10BrClN2O2. The molecule has 2 rings (SSSR count). The molecule has 0 aliphatic heterocycles. The molecule has 0 aliphatic carbocycles. The monoisotopic (exact) mass is 316 g/mol. The zero-order valence-corrected chi connectivity index (χ0v) is 11.7. The van der Waals surface area contributed by atoms with Gasteiger partial charge in [-0.15, -0.1) is 0 Å². The van der Waals surface area contributed by atoms with Crippen LogP contribution in [0.4, 0.5) is 0 Å². The largest absolute Gasteiger partial charge is 0.461 e. The number of hydrogen-bond acceptors (Lipinski definition) is 3. The normalized spacial score (nSPS) is 10.8. The average Bonchev–Trinajstić information content (AvgIpc) is 2.52. The predicted molar refractivity (Wildman–Crippen MR) is 69.4 cm³/mol. The number of nitrogens with zero attached hydrogens (tertiary/aromatic N) is 2. The molecule has 0 amide bonds. The van der Waals surface area contributed by atoms with Crippen molar-refractivity contribution >= 4 is 44.5 Å². The van der Waals surface area contributed by atoms with Crippen LogP contribution in [0.25, 0.3) is 11.0 Å². The lowest BCUT2D eigenvalue weighted by Gasteiger charge is -2.03. The smallest absolute Gasteiger partial charge is 0.356 e. The van der Waals surface area contributed by atoms with Crippen LogP contribution in [0.2, 0.25) is 5.02 Å². The van der Waals surface area contributed by atoms with Crippen LogP contribution in [0.15, 0.2) is 16.7 Å². The second kappa shape index (κ2) is 4.66. The van der Waals surface area contributed by atoms with Crippen molar-refractivity contribution in [3.05, 3.63) is 27.5 Å². The number of hydrogen-bond donors (Lipinski definition) is 0. The van der Waals surface area contributed by atoms with E-state index >= 15 is 0 Å². The Morgan fingerprint density at radius 2 is 2.29 bits per heavy atom. The van der Waals surface area contributed by atoms with Crippen molar-refractivity contribution in [2.45, 2.75) is 6.92 Å². The zero-order valence-electron chi connectivity index (χ0n) is 9.33. The Hall–Kier alpha value is -1.07. The Morgan fingerprint density at radius 1 is 1.59 bits per heavy atom. The molecule has 17 heavy (non-hydrogen) atoms. The number of carbonyl (C=O) groups excluding carboxylic acids is 1. The quantitative estimate of drug-likeness (QED) is 0.631. The lowest BCUT2D eigenvalue weighted by Crippen LogP contribution is -2.10. The van der Waals surface area contributed by atoms with E-state index in [1.807, 2.05) is 6.07 Å². The van der Waals surface area contributed by atoms with E-state index in [1.165, 1.54) is 0 Å². The van der Waals surface area contributed by atoms with E-state index < -0.39 is 5.97 Å². The van der Waals surface area contributed by atoms with Crippen molar-refractivity contribution in [1.29, 1.82) is 0 Å². The Morgan fingerprint density at radius 3 is 2.94 bits per heavy atom. The van der Waals surface area contributed by atoms with Gasteiger partial charge < -0.3 is 9.30 Å². The maximum Gasteiger partial charge on any atom is 0.356 e. The third kappa shape index (κ3) is 2.05. The third-order valence-corrected chi connectivity index (χ3v) is 3.22. The van der Waals surface area contributed by atoms with Gasteiger partial charge in [0.25, 0.3) is 0 Å². The highest BCUT2D eigenvalue weighted by atomic mass is 79.9. The fourth-order valence-electron chi connectivity index (χ4n) is 1.67. The summed E-state index contributed by atoms with van der Waals surface area (Å²) in [5.74, 6) is -0.436. The van der Waals surface area contributed by atoms with Gasteiger partial charge in [-0.2, -0.15) is 0 Å². The van der Waals surface area contributed by atoms with Crippen LogP contribution in [-0.4, -0.2) is 22.1 Å². The minimum absolute atomic E-state index is 0.313. The van der Waals surface area contributed by atoms with Crippen molar-refractivity contribution in [3.8, 4) is 0 Å². The molecule has 90 valence electrons. The molecule has 6 heteroatoms. The van der Waals surface area contributed by atoms with Gasteiger partial charge >= 0.3 is 5.97 Å². The van der Waals surface area contributed by atoms with Gasteiger partial charge in [-0.05, 0) is 35.0 Å². The minimum Gasteiger partial charge on any atom is -0.461 e. The number of pyridine rings is 1. The van der Waals surface area contributed by atoms with Crippen molar-refractivity contribution < 1.29 is 9.53 Å². The van der Waals surface area contributed by atoms with E-state index in [0.717, 1.165) is 5.52 Å². The van der Waals surface area contributed by atoms with Crippen LogP contribution in [0.1, 0.15) is 17.4 Å². The van der Waals surface area contributed by atoms with Crippen LogP contribution < -0.4 is 0 Å². The molecular weight excluding hydrogens is 307 g/mol. The lowest BCUT2D eigenvalue weighted by atomic mass is 10.3. The molecule has 0 aliphatic rings. The van der Waals surface area contributed by atoms with E-state index in [9.17, 15) is 4.79 Å². The summed E-state index contributed by atoms with van der Waals surface area (Å²) in [6, 6.07) is 3.65. The van der Waals surface area contributed by atoms with Crippen molar-refractivity contribution in [1.82, 2.24) is 9.55 Å². The van der Waals surface area contributed by atoms with Crippen LogP contribution in [0.5, 0.6) is 0 Å². The summed E-state index contributed by atoms with van der Waals surface area (Å²) in [6.45, 7) is 2.07. The summed E-state index contributed by atoms with van der Waals surface area (Å²) in [5.41, 5.74) is 1.71. The number of aromatic nitrogens is 2. The zero-order chi connectivity index (χ0) is 12.6. The van der Waals surface area contributed by atoms with Gasteiger partial charge in [-0.1, -0.05) is 11.6 Å². The molecule has 0 atom stereocenters. The van der Waals surface area contributed by atoms with Crippen molar-refractivity contribution in [2.75, 3.05) is 6.61 Å². The molecule has 2 heterocycles. The van der Waals surface area contributed by atoms with Crippen molar-refractivity contribution in [3.63, 3.8) is 0 Å². The molecule has 0 aromatic carbocycles. The fraction of sp³-hybridized carbons (Fsp3) is 0.273. The molecule has 2 aromatic rings. The summed E-state index contributed by atoms with van der Waals surface area (Å²) in [4.78, 5) is 16.0. The molecule has 0 unspecified atom stereocenters. The highest BCUT2D eigenvalue weighted by Crippen LogP contribution is 2.30. The second-order valence-electron chi connectivity index (χ2n) is 3.44. The van der Waals surface area contributed by atoms with Gasteiger partial charge in [-0.3, -0.25) is 0 Å². The van der Waals surface area contributed by atoms with Crippen LogP contribution in [0, 0.1) is 0 Å². The van der Waals surface area contributed by atoms with Crippen LogP contribution in [0.3, 0.4) is 0 Å². The highest BCUT2D eigenvalue weighted by Gasteiger charge is 2.21. The lowest BCUT2D eigenvalue weighted by molar-refractivity contribution is 0.0516. The number of ether oxygens (including phenoxy) is 1. The summed E-state index contributed by atoms with van der Waals surface area (Å²) >= 11 is 9.43. The van der Waals surface area contributed by atoms with E-state index in [4.69, 9.17) is 16.3 Å². The topological polar surface area (TPSA) is 44.1 Å². The standard InChI is InChI=1S/C11H10BrClN2O2/c1-3-17-11(16)10-8(13)9-6(15(10)2)4-5-7(12)14-9/h4-5H,3H2,1-2H3. The molecule has 2 aromatic heterocycles. The molecule has 0 spiro atoms. The van der Waals surface area contributed by atoms with Crippen LogP contribution >= 0.6 is 27.5 Å². The van der Waals surface area contributed by atoms with E-state index in [1.54, 1.807) is 24.6 Å². The average molecular weight is 318 g/mol. The Labute approximate surface area is 112 Å². The fourth-order valence-corrected chi connectivity index (χ4v) is 2.32. The summed E-state index contributed by atoms with van der Waals surface area (Å²) in [6.07, 6.45) is 0. The molecule has 0 saturated heterocycles. The number of carbonyl (C=O) groups is 1. The van der Waals surface area contributed by atoms with E-state index in [2.05, 4.69) is 20.9 Å². The first-order valence-corrected chi connectivity index (χ1v) is 6.21. The number of halogens is 2. The molecule has 0 bridgehead atoms. The summed E-state index contributed by atoms with van der Waals surface area (Å²) in [7, 11) is 1.76. The molecule has 4 nitrogen and oxygen atoms in total. The first-order valence-electron chi connectivity index (χ1n) is 5.03. The molecule has 0 fully saturated rings. The summed E-state index contributed by atoms with van der Waals surface area (Å²) in [5, 5.41) is 0.322. The van der Waals surface area contributed by atoms with Gasteiger partial charge in [0.1, 0.15) is 15.8 Å². The first-order chi connectivity index (χ1) is 8.06. The Kier molecular flexibility index (Phi) is 3.40. The van der Waals surface area contributed by atoms with Crippen LogP contribution in [-0.2, 0) is 11.8 Å². The molecule has 0 N–H and O–H groups in total. The van der Waals surface area contributed by atoms with Gasteiger partial charge in [-0.25, -0.2) is 9.78 Å². The Balaban J connectivity index is 2.68. The third-order valence-electron chi connectivity index (χ3n) is 2.42. The van der Waals surface area contributed by atoms with Gasteiger partial charge in [0.2, 0.25) is 0 Å².